The SMILES string of the molecule is c1ccc(-n2c3cc4c(cc3c3c5ccccc5ccc32)c2ccccc2n4-c2ccc(-c3nc(-c4ccc5ccccc5c4)c4ccccc4n3)cc2)cc1. The maximum absolute atomic E-state index is 5.23. The Hall–Kier alpha value is -7.56. The predicted octanol–water partition coefficient (Wildman–Crippen LogP) is 13.5. The van der Waals surface area contributed by atoms with Crippen LogP contribution < -0.4 is 0 Å². The predicted molar refractivity (Wildman–Crippen MR) is 234 cm³/mol. The molecule has 0 atom stereocenters. The second-order valence-electron chi connectivity index (χ2n) is 14.6. The van der Waals surface area contributed by atoms with Crippen LogP contribution in [0.15, 0.2) is 194 Å². The molecule has 0 aliphatic carbocycles. The number of hydrogen-bond acceptors (Lipinski definition) is 2. The molecule has 0 N–H and O–H groups in total. The molecule has 3 heterocycles. The Bertz CT molecular complexity index is 3520. The standard InChI is InChI=1S/C52H32N4/c1-2-15-38(16-3-1)56-47-29-26-34-13-6-7-17-40(34)50(47)44-31-43-41-18-9-11-21-46(41)55(48(43)32-49(44)56)39-27-24-35(25-28-39)52-53-45-20-10-8-19-42(45)51(54-52)37-23-22-33-12-4-5-14-36(33)30-37/h1-32H. The van der Waals surface area contributed by atoms with Crippen molar-refractivity contribution in [1.29, 1.82) is 0 Å². The Balaban J connectivity index is 1.06. The highest BCUT2D eigenvalue weighted by Crippen LogP contribution is 2.42. The van der Waals surface area contributed by atoms with E-state index < -0.39 is 0 Å². The third kappa shape index (κ3) is 4.60. The fourth-order valence-corrected chi connectivity index (χ4v) is 8.90. The van der Waals surface area contributed by atoms with Crippen LogP contribution >= 0.6 is 0 Å². The molecule has 0 unspecified atom stereocenters. The van der Waals surface area contributed by atoms with Crippen molar-refractivity contribution >= 4 is 76.1 Å². The maximum atomic E-state index is 5.23. The average Bonchev–Trinajstić information content (AvgIpc) is 3.77. The van der Waals surface area contributed by atoms with Crippen LogP contribution in [0.1, 0.15) is 0 Å². The highest BCUT2D eigenvalue weighted by molar-refractivity contribution is 6.25. The zero-order valence-electron chi connectivity index (χ0n) is 30.3. The van der Waals surface area contributed by atoms with E-state index in [1.165, 1.54) is 59.6 Å². The number of nitrogens with zero attached hydrogens (tertiary/aromatic N) is 4. The number of benzene rings is 9. The molecule has 4 nitrogen and oxygen atoms in total. The first-order valence-corrected chi connectivity index (χ1v) is 19.1. The Morgan fingerprint density at radius 1 is 0.321 bits per heavy atom. The quantitative estimate of drug-likeness (QED) is 0.182. The first kappa shape index (κ1) is 30.9. The Morgan fingerprint density at radius 3 is 1.80 bits per heavy atom. The van der Waals surface area contributed by atoms with Crippen LogP contribution in [0.5, 0.6) is 0 Å². The van der Waals surface area contributed by atoms with E-state index in [-0.39, 0.29) is 0 Å². The fourth-order valence-electron chi connectivity index (χ4n) is 8.90. The number of aromatic nitrogens is 4. The van der Waals surface area contributed by atoms with Crippen molar-refractivity contribution in [1.82, 2.24) is 19.1 Å². The first-order chi connectivity index (χ1) is 27.8. The van der Waals surface area contributed by atoms with Gasteiger partial charge in [-0.1, -0.05) is 121 Å². The summed E-state index contributed by atoms with van der Waals surface area (Å²) >= 11 is 0. The summed E-state index contributed by atoms with van der Waals surface area (Å²) in [6.07, 6.45) is 0. The van der Waals surface area contributed by atoms with E-state index in [2.05, 4.69) is 197 Å². The molecular weight excluding hydrogens is 681 g/mol. The maximum Gasteiger partial charge on any atom is 0.160 e. The van der Waals surface area contributed by atoms with Gasteiger partial charge in [-0.15, -0.1) is 0 Å². The summed E-state index contributed by atoms with van der Waals surface area (Å²) in [6, 6.07) is 69.7. The van der Waals surface area contributed by atoms with Crippen molar-refractivity contribution in [3.63, 3.8) is 0 Å². The summed E-state index contributed by atoms with van der Waals surface area (Å²) in [5.41, 5.74) is 10.9. The summed E-state index contributed by atoms with van der Waals surface area (Å²) in [7, 11) is 0. The molecule has 0 radical (unpaired) electrons. The monoisotopic (exact) mass is 712 g/mol. The van der Waals surface area contributed by atoms with Gasteiger partial charge in [0.2, 0.25) is 0 Å². The molecule has 0 aliphatic rings. The minimum absolute atomic E-state index is 0.710. The average molecular weight is 713 g/mol. The van der Waals surface area contributed by atoms with Gasteiger partial charge >= 0.3 is 0 Å². The van der Waals surface area contributed by atoms with Gasteiger partial charge in [0, 0.05) is 49.4 Å². The van der Waals surface area contributed by atoms with Crippen molar-refractivity contribution in [3.05, 3.63) is 194 Å². The second kappa shape index (κ2) is 12.0. The van der Waals surface area contributed by atoms with Gasteiger partial charge in [0.1, 0.15) is 0 Å². The molecule has 0 bridgehead atoms. The van der Waals surface area contributed by atoms with Gasteiger partial charge < -0.3 is 9.13 Å². The van der Waals surface area contributed by atoms with Crippen LogP contribution in [0.2, 0.25) is 0 Å². The smallest absolute Gasteiger partial charge is 0.160 e. The lowest BCUT2D eigenvalue weighted by atomic mass is 10.0. The van der Waals surface area contributed by atoms with Crippen LogP contribution in [0.3, 0.4) is 0 Å². The molecule has 0 amide bonds. The summed E-state index contributed by atoms with van der Waals surface area (Å²) in [4.78, 5) is 10.3. The summed E-state index contributed by atoms with van der Waals surface area (Å²) in [5, 5.41) is 11.0. The molecule has 0 saturated carbocycles. The van der Waals surface area contributed by atoms with Crippen molar-refractivity contribution in [2.24, 2.45) is 0 Å². The number of hydrogen-bond donors (Lipinski definition) is 0. The van der Waals surface area contributed by atoms with Gasteiger partial charge in [-0.05, 0) is 94.3 Å². The van der Waals surface area contributed by atoms with Gasteiger partial charge in [-0.3, -0.25) is 0 Å². The molecule has 56 heavy (non-hydrogen) atoms. The molecular formula is C52H32N4. The van der Waals surface area contributed by atoms with E-state index in [0.717, 1.165) is 44.6 Å². The molecule has 0 aliphatic heterocycles. The zero-order chi connectivity index (χ0) is 36.7. The lowest BCUT2D eigenvalue weighted by Crippen LogP contribution is -1.97. The minimum Gasteiger partial charge on any atom is -0.309 e. The molecule has 9 aromatic carbocycles. The van der Waals surface area contributed by atoms with Crippen LogP contribution in [-0.2, 0) is 0 Å². The van der Waals surface area contributed by atoms with E-state index in [0.29, 0.717) is 5.82 Å². The molecule has 12 aromatic rings. The van der Waals surface area contributed by atoms with Crippen LogP contribution in [-0.4, -0.2) is 19.1 Å². The molecule has 4 heteroatoms. The van der Waals surface area contributed by atoms with E-state index in [9.17, 15) is 0 Å². The third-order valence-corrected chi connectivity index (χ3v) is 11.5. The fraction of sp³-hybridized carbons (Fsp3) is 0. The Kier molecular flexibility index (Phi) is 6.60. The molecule has 3 aromatic heterocycles. The summed E-state index contributed by atoms with van der Waals surface area (Å²) in [6.45, 7) is 0. The normalized spacial score (nSPS) is 11.9. The van der Waals surface area contributed by atoms with E-state index in [4.69, 9.17) is 9.97 Å². The van der Waals surface area contributed by atoms with Gasteiger partial charge in [-0.2, -0.15) is 0 Å². The number of rotatable bonds is 4. The van der Waals surface area contributed by atoms with Crippen LogP contribution in [0, 0.1) is 0 Å². The first-order valence-electron chi connectivity index (χ1n) is 19.1. The number of fused-ring (bicyclic) bond motifs is 10. The topological polar surface area (TPSA) is 35.6 Å². The van der Waals surface area contributed by atoms with Crippen LogP contribution in [0.25, 0.3) is 110 Å². The van der Waals surface area contributed by atoms with Crippen molar-refractivity contribution in [3.8, 4) is 34.0 Å². The van der Waals surface area contributed by atoms with E-state index >= 15 is 0 Å². The second-order valence-corrected chi connectivity index (χ2v) is 14.6. The zero-order valence-corrected chi connectivity index (χ0v) is 30.3. The van der Waals surface area contributed by atoms with Crippen molar-refractivity contribution in [2.45, 2.75) is 0 Å². The van der Waals surface area contributed by atoms with Gasteiger partial charge in [0.05, 0.1) is 33.3 Å². The molecule has 0 saturated heterocycles. The van der Waals surface area contributed by atoms with Gasteiger partial charge in [0.15, 0.2) is 5.82 Å². The Morgan fingerprint density at radius 2 is 0.946 bits per heavy atom. The molecule has 0 fully saturated rings. The van der Waals surface area contributed by atoms with Crippen LogP contribution in [0.4, 0.5) is 0 Å². The minimum atomic E-state index is 0.710. The highest BCUT2D eigenvalue weighted by atomic mass is 15.0. The lowest BCUT2D eigenvalue weighted by Gasteiger charge is -2.12. The third-order valence-electron chi connectivity index (χ3n) is 11.5. The summed E-state index contributed by atoms with van der Waals surface area (Å²) < 4.78 is 4.83. The largest absolute Gasteiger partial charge is 0.309 e. The summed E-state index contributed by atoms with van der Waals surface area (Å²) in [5.74, 6) is 0.710. The van der Waals surface area contributed by atoms with Crippen molar-refractivity contribution < 1.29 is 0 Å². The van der Waals surface area contributed by atoms with Gasteiger partial charge in [0.25, 0.3) is 0 Å². The van der Waals surface area contributed by atoms with E-state index in [1.54, 1.807) is 0 Å². The lowest BCUT2D eigenvalue weighted by molar-refractivity contribution is 1.16. The van der Waals surface area contributed by atoms with E-state index in [1.807, 2.05) is 6.07 Å². The van der Waals surface area contributed by atoms with Crippen molar-refractivity contribution in [2.75, 3.05) is 0 Å². The Labute approximate surface area is 322 Å². The molecule has 0 spiro atoms. The molecule has 260 valence electrons. The number of para-hydroxylation sites is 3. The highest BCUT2D eigenvalue weighted by Gasteiger charge is 2.20. The molecule has 12 rings (SSSR count). The van der Waals surface area contributed by atoms with Gasteiger partial charge in [-0.25, -0.2) is 9.97 Å².